The number of ether oxygens (including phenoxy) is 5. The van der Waals surface area contributed by atoms with Crippen molar-refractivity contribution >= 4 is 17.4 Å². The number of likely N-dealkylation sites (tertiary alicyclic amines) is 1. The van der Waals surface area contributed by atoms with Crippen molar-refractivity contribution in [3.8, 4) is 23.0 Å². The lowest BCUT2D eigenvalue weighted by molar-refractivity contribution is -0.140. The number of rotatable bonds is 10. The molecule has 1 fully saturated rings. The third kappa shape index (κ3) is 4.65. The molecule has 1 atom stereocenters. The number of benzene rings is 2. The Labute approximate surface area is 198 Å². The van der Waals surface area contributed by atoms with Crippen molar-refractivity contribution in [2.24, 2.45) is 0 Å². The van der Waals surface area contributed by atoms with Gasteiger partial charge in [-0.1, -0.05) is 0 Å². The van der Waals surface area contributed by atoms with Crippen LogP contribution in [-0.2, 0) is 14.3 Å². The fourth-order valence-electron chi connectivity index (χ4n) is 3.94. The van der Waals surface area contributed by atoms with E-state index < -0.39 is 17.7 Å². The zero-order chi connectivity index (χ0) is 24.8. The van der Waals surface area contributed by atoms with Crippen LogP contribution in [0.15, 0.2) is 42.0 Å². The Morgan fingerprint density at radius 3 is 2.09 bits per heavy atom. The van der Waals surface area contributed by atoms with Gasteiger partial charge >= 0.3 is 0 Å². The van der Waals surface area contributed by atoms with Crippen molar-refractivity contribution in [2.45, 2.75) is 13.0 Å². The normalized spacial score (nSPS) is 17.1. The lowest BCUT2D eigenvalue weighted by Crippen LogP contribution is -2.32. The molecule has 0 saturated carbocycles. The van der Waals surface area contributed by atoms with Crippen LogP contribution in [0, 0.1) is 0 Å². The van der Waals surface area contributed by atoms with E-state index in [4.69, 9.17) is 23.7 Å². The van der Waals surface area contributed by atoms with E-state index in [2.05, 4.69) is 0 Å². The summed E-state index contributed by atoms with van der Waals surface area (Å²) < 4.78 is 26.9. The van der Waals surface area contributed by atoms with E-state index in [1.54, 1.807) is 36.4 Å². The molecule has 2 aromatic rings. The molecule has 0 spiro atoms. The third-order valence-corrected chi connectivity index (χ3v) is 5.52. The number of aliphatic hydroxyl groups excluding tert-OH is 1. The van der Waals surface area contributed by atoms with Crippen LogP contribution in [-0.4, -0.2) is 69.9 Å². The maximum atomic E-state index is 13.1. The minimum absolute atomic E-state index is 0.0421. The average Bonchev–Trinajstić information content (AvgIpc) is 3.11. The number of Topliss-reactive ketones (excluding diaryl/α,β-unsaturated/α-hetero) is 1. The Morgan fingerprint density at radius 2 is 1.59 bits per heavy atom. The molecule has 0 aliphatic carbocycles. The van der Waals surface area contributed by atoms with E-state index in [-0.39, 0.29) is 24.5 Å². The maximum absolute atomic E-state index is 13.1. The first-order chi connectivity index (χ1) is 16.4. The van der Waals surface area contributed by atoms with Crippen LogP contribution < -0.4 is 18.9 Å². The van der Waals surface area contributed by atoms with Gasteiger partial charge in [0.05, 0.1) is 46.2 Å². The van der Waals surface area contributed by atoms with Gasteiger partial charge in [-0.25, -0.2) is 0 Å². The highest BCUT2D eigenvalue weighted by atomic mass is 16.5. The van der Waals surface area contributed by atoms with Gasteiger partial charge in [-0.05, 0) is 48.9 Å². The monoisotopic (exact) mass is 471 g/mol. The Bertz CT molecular complexity index is 1050. The number of ketones is 1. The summed E-state index contributed by atoms with van der Waals surface area (Å²) >= 11 is 0. The fourth-order valence-corrected chi connectivity index (χ4v) is 3.94. The van der Waals surface area contributed by atoms with E-state index in [9.17, 15) is 14.7 Å². The van der Waals surface area contributed by atoms with Crippen LogP contribution in [0.4, 0.5) is 0 Å². The summed E-state index contributed by atoms with van der Waals surface area (Å²) in [7, 11) is 5.94. The number of hydrogen-bond donors (Lipinski definition) is 1. The molecular weight excluding hydrogens is 442 g/mol. The van der Waals surface area contributed by atoms with Crippen molar-refractivity contribution in [3.63, 3.8) is 0 Å². The summed E-state index contributed by atoms with van der Waals surface area (Å²) in [6.07, 6.45) is 0. The van der Waals surface area contributed by atoms with Crippen molar-refractivity contribution in [3.05, 3.63) is 53.1 Å². The molecule has 0 bridgehead atoms. The maximum Gasteiger partial charge on any atom is 0.295 e. The van der Waals surface area contributed by atoms with Gasteiger partial charge < -0.3 is 33.7 Å². The standard InChI is InChI=1S/C25H29NO8/c1-6-34-17-9-7-15(8-10-17)22(27)20-21(26(11-12-30-2)25(29)23(20)28)16-13-18(31-3)24(33-5)19(14-16)32-4/h7-10,13-14,21,27H,6,11-12H2,1-5H3/b22-20+. The summed E-state index contributed by atoms with van der Waals surface area (Å²) in [6.45, 7) is 2.71. The minimum atomic E-state index is -0.893. The van der Waals surface area contributed by atoms with Crippen LogP contribution in [0.5, 0.6) is 23.0 Å². The first-order valence-corrected chi connectivity index (χ1v) is 10.7. The highest BCUT2D eigenvalue weighted by Crippen LogP contribution is 2.45. The molecule has 2 aromatic carbocycles. The predicted molar refractivity (Wildman–Crippen MR) is 125 cm³/mol. The molecule has 9 nitrogen and oxygen atoms in total. The number of amides is 1. The fraction of sp³-hybridized carbons (Fsp3) is 0.360. The van der Waals surface area contributed by atoms with E-state index in [0.29, 0.717) is 40.7 Å². The van der Waals surface area contributed by atoms with E-state index in [1.165, 1.54) is 33.3 Å². The summed E-state index contributed by atoms with van der Waals surface area (Å²) in [4.78, 5) is 27.5. The molecule has 3 rings (SSSR count). The quantitative estimate of drug-likeness (QED) is 0.320. The third-order valence-electron chi connectivity index (χ3n) is 5.52. The minimum Gasteiger partial charge on any atom is -0.507 e. The van der Waals surface area contributed by atoms with Gasteiger partial charge in [0.2, 0.25) is 5.75 Å². The Hall–Kier alpha value is -3.72. The summed E-state index contributed by atoms with van der Waals surface area (Å²) in [6, 6.07) is 9.06. The molecule has 34 heavy (non-hydrogen) atoms. The zero-order valence-corrected chi connectivity index (χ0v) is 19.9. The van der Waals surface area contributed by atoms with Crippen molar-refractivity contribution in [1.82, 2.24) is 4.90 Å². The Morgan fingerprint density at radius 1 is 0.971 bits per heavy atom. The molecule has 1 heterocycles. The van der Waals surface area contributed by atoms with Gasteiger partial charge in [0.25, 0.3) is 11.7 Å². The van der Waals surface area contributed by atoms with Gasteiger partial charge in [-0.2, -0.15) is 0 Å². The molecule has 1 amide bonds. The second-order valence-electron chi connectivity index (χ2n) is 7.40. The average molecular weight is 472 g/mol. The van der Waals surface area contributed by atoms with Crippen molar-refractivity contribution in [1.29, 1.82) is 0 Å². The number of methoxy groups -OCH3 is 4. The Kier molecular flexibility index (Phi) is 8.01. The van der Waals surface area contributed by atoms with E-state index >= 15 is 0 Å². The van der Waals surface area contributed by atoms with Crippen LogP contribution in [0.25, 0.3) is 5.76 Å². The van der Waals surface area contributed by atoms with Crippen molar-refractivity contribution in [2.75, 3.05) is 48.2 Å². The second-order valence-corrected chi connectivity index (χ2v) is 7.40. The first-order valence-electron chi connectivity index (χ1n) is 10.7. The molecular formula is C25H29NO8. The van der Waals surface area contributed by atoms with E-state index in [1.807, 2.05) is 6.92 Å². The molecule has 0 radical (unpaired) electrons. The molecule has 1 aliphatic rings. The van der Waals surface area contributed by atoms with Gasteiger partial charge in [-0.3, -0.25) is 9.59 Å². The predicted octanol–water partition coefficient (Wildman–Crippen LogP) is 3.18. The first kappa shape index (κ1) is 24.9. The lowest BCUT2D eigenvalue weighted by atomic mass is 9.94. The highest BCUT2D eigenvalue weighted by Gasteiger charge is 2.46. The molecule has 1 aliphatic heterocycles. The van der Waals surface area contributed by atoms with Gasteiger partial charge in [0.1, 0.15) is 11.5 Å². The van der Waals surface area contributed by atoms with Gasteiger partial charge in [0, 0.05) is 19.2 Å². The summed E-state index contributed by atoms with van der Waals surface area (Å²) in [5.41, 5.74) is 0.850. The topological polar surface area (TPSA) is 104 Å². The molecule has 1 unspecified atom stereocenters. The lowest BCUT2D eigenvalue weighted by Gasteiger charge is -2.26. The van der Waals surface area contributed by atoms with Crippen molar-refractivity contribution < 1.29 is 38.4 Å². The molecule has 182 valence electrons. The highest BCUT2D eigenvalue weighted by molar-refractivity contribution is 6.46. The number of aliphatic hydroxyl groups is 1. The number of nitrogens with zero attached hydrogens (tertiary/aromatic N) is 1. The zero-order valence-electron chi connectivity index (χ0n) is 19.9. The smallest absolute Gasteiger partial charge is 0.295 e. The summed E-state index contributed by atoms with van der Waals surface area (Å²) in [5, 5.41) is 11.2. The van der Waals surface area contributed by atoms with Gasteiger partial charge in [-0.15, -0.1) is 0 Å². The van der Waals surface area contributed by atoms with Crippen LogP contribution >= 0.6 is 0 Å². The Balaban J connectivity index is 2.21. The summed E-state index contributed by atoms with van der Waals surface area (Å²) in [5.74, 6) is -0.107. The second kappa shape index (κ2) is 10.9. The molecule has 0 aromatic heterocycles. The number of carbonyl (C=O) groups excluding carboxylic acids is 2. The van der Waals surface area contributed by atoms with E-state index in [0.717, 1.165) is 0 Å². The van der Waals surface area contributed by atoms with Gasteiger partial charge in [0.15, 0.2) is 11.5 Å². The van der Waals surface area contributed by atoms with Crippen LogP contribution in [0.1, 0.15) is 24.1 Å². The number of hydrogen-bond acceptors (Lipinski definition) is 8. The SMILES string of the molecule is CCOc1ccc(/C(O)=C2\C(=O)C(=O)N(CCOC)C2c2cc(OC)c(OC)c(OC)c2)cc1. The largest absolute Gasteiger partial charge is 0.507 e. The number of carbonyl (C=O) groups is 2. The van der Waals surface area contributed by atoms with Crippen LogP contribution in [0.2, 0.25) is 0 Å². The molecule has 9 heteroatoms. The molecule has 1 N–H and O–H groups in total. The van der Waals surface area contributed by atoms with Crippen LogP contribution in [0.3, 0.4) is 0 Å². The molecule has 1 saturated heterocycles.